The summed E-state index contributed by atoms with van der Waals surface area (Å²) < 4.78 is 5.76. The van der Waals surface area contributed by atoms with Gasteiger partial charge in [-0.25, -0.2) is 10.5 Å². The number of hydrogen-bond acceptors (Lipinski definition) is 3. The molecule has 0 unspecified atom stereocenters. The van der Waals surface area contributed by atoms with Crippen LogP contribution in [0.3, 0.4) is 0 Å². The minimum atomic E-state index is 0. The molecule has 0 amide bonds. The van der Waals surface area contributed by atoms with Gasteiger partial charge in [-0.15, -0.1) is 35.9 Å². The molecule has 3 nitrogen and oxygen atoms in total. The molecule has 4 aromatic rings. The molecule has 0 N–H and O–H groups in total. The Labute approximate surface area is 167 Å². The third kappa shape index (κ3) is 4.25. The van der Waals surface area contributed by atoms with E-state index in [1.54, 1.807) is 12.4 Å². The summed E-state index contributed by atoms with van der Waals surface area (Å²) in [5.74, 6) is 1.16. The number of benzene rings is 2. The van der Waals surface area contributed by atoms with E-state index in [0.717, 1.165) is 22.4 Å². The molecule has 0 aliphatic carbocycles. The zero-order valence-electron chi connectivity index (χ0n) is 13.7. The predicted molar refractivity (Wildman–Crippen MR) is 97.1 cm³/mol. The number of ether oxygens (including phenoxy) is 1. The third-order valence-electron chi connectivity index (χ3n) is 3.65. The second kappa shape index (κ2) is 8.55. The largest absolute Gasteiger partial charge is 2.00 e. The van der Waals surface area contributed by atoms with Crippen molar-refractivity contribution >= 4 is 0 Å². The normalized spacial score (nSPS) is 10.0. The van der Waals surface area contributed by atoms with Gasteiger partial charge in [0.05, 0.1) is 0 Å². The Morgan fingerprint density at radius 1 is 0.615 bits per heavy atom. The van der Waals surface area contributed by atoms with Crippen LogP contribution in [0, 0.1) is 12.1 Å². The smallest absolute Gasteiger partial charge is 0.460 e. The molecule has 2 heterocycles. The Bertz CT molecular complexity index is 975. The number of rotatable bonds is 4. The van der Waals surface area contributed by atoms with Gasteiger partial charge in [-0.1, -0.05) is 18.2 Å². The van der Waals surface area contributed by atoms with Crippen molar-refractivity contribution in [2.45, 2.75) is 0 Å². The van der Waals surface area contributed by atoms with Crippen LogP contribution in [0.25, 0.3) is 22.4 Å². The van der Waals surface area contributed by atoms with Crippen LogP contribution in [0.4, 0.5) is 0 Å². The van der Waals surface area contributed by atoms with E-state index in [1.807, 2.05) is 72.8 Å². The zero-order valence-corrected chi connectivity index (χ0v) is 16.0. The zero-order chi connectivity index (χ0) is 16.9. The van der Waals surface area contributed by atoms with Gasteiger partial charge in [0.1, 0.15) is 0 Å². The number of hydrogen-bond donors (Lipinski definition) is 0. The molecule has 0 aliphatic rings. The van der Waals surface area contributed by atoms with Gasteiger partial charge in [-0.2, -0.15) is 23.8 Å². The fourth-order valence-corrected chi connectivity index (χ4v) is 2.48. The molecule has 0 spiro atoms. The molecule has 0 aliphatic heterocycles. The average Bonchev–Trinajstić information content (AvgIpc) is 2.70. The summed E-state index contributed by atoms with van der Waals surface area (Å²) in [4.78, 5) is 8.55. The first kappa shape index (κ1) is 18.0. The van der Waals surface area contributed by atoms with E-state index >= 15 is 0 Å². The molecule has 4 heteroatoms. The summed E-state index contributed by atoms with van der Waals surface area (Å²) in [6, 6.07) is 29.9. The fraction of sp³-hybridized carbons (Fsp3) is 0. The Morgan fingerprint density at radius 3 is 2.04 bits per heavy atom. The topological polar surface area (TPSA) is 35.0 Å². The quantitative estimate of drug-likeness (QED) is 0.349. The summed E-state index contributed by atoms with van der Waals surface area (Å²) in [6.45, 7) is 0. The standard InChI is InChI=1S/C22H14N2O.Pt/c1-3-13-23-21(11-1)19-9-5-7-17(15-19)18-8-6-10-20(16-18)25-22-12-2-4-14-24-22;/h1-14H;/q-2;+2. The summed E-state index contributed by atoms with van der Waals surface area (Å²) >= 11 is 0. The Hall–Kier alpha value is -2.77. The average molecular weight is 517 g/mol. The van der Waals surface area contributed by atoms with E-state index in [9.17, 15) is 0 Å². The van der Waals surface area contributed by atoms with Gasteiger partial charge >= 0.3 is 21.1 Å². The fourth-order valence-electron chi connectivity index (χ4n) is 2.48. The van der Waals surface area contributed by atoms with Crippen molar-refractivity contribution in [1.82, 2.24) is 9.97 Å². The van der Waals surface area contributed by atoms with Crippen molar-refractivity contribution < 1.29 is 25.8 Å². The second-order valence-corrected chi connectivity index (χ2v) is 5.39. The van der Waals surface area contributed by atoms with Crippen molar-refractivity contribution in [2.24, 2.45) is 0 Å². The maximum Gasteiger partial charge on any atom is 2.00 e. The van der Waals surface area contributed by atoms with Crippen LogP contribution in [0.1, 0.15) is 0 Å². The summed E-state index contributed by atoms with van der Waals surface area (Å²) in [5.41, 5.74) is 3.69. The van der Waals surface area contributed by atoms with Gasteiger partial charge < -0.3 is 4.74 Å². The molecule has 0 atom stereocenters. The Balaban J connectivity index is 0.00000196. The maximum absolute atomic E-state index is 5.76. The Morgan fingerprint density at radius 2 is 1.31 bits per heavy atom. The minimum absolute atomic E-state index is 0. The third-order valence-corrected chi connectivity index (χ3v) is 3.65. The van der Waals surface area contributed by atoms with Gasteiger partial charge in [0.2, 0.25) is 5.88 Å². The summed E-state index contributed by atoms with van der Waals surface area (Å²) in [7, 11) is 0. The molecule has 4 rings (SSSR count). The predicted octanol–water partition coefficient (Wildman–Crippen LogP) is 5.20. The van der Waals surface area contributed by atoms with Crippen molar-refractivity contribution in [3.05, 3.63) is 97.3 Å². The van der Waals surface area contributed by atoms with E-state index < -0.39 is 0 Å². The van der Waals surface area contributed by atoms with E-state index in [2.05, 4.69) is 22.1 Å². The van der Waals surface area contributed by atoms with E-state index in [0.29, 0.717) is 11.6 Å². The van der Waals surface area contributed by atoms with Gasteiger partial charge in [-0.05, 0) is 12.1 Å². The van der Waals surface area contributed by atoms with Crippen LogP contribution in [0.15, 0.2) is 85.2 Å². The second-order valence-electron chi connectivity index (χ2n) is 5.39. The van der Waals surface area contributed by atoms with E-state index in [-0.39, 0.29) is 21.1 Å². The first-order chi connectivity index (χ1) is 12.4. The molecule has 0 fully saturated rings. The number of pyridine rings is 2. The Kier molecular flexibility index (Phi) is 5.93. The summed E-state index contributed by atoms with van der Waals surface area (Å²) in [5, 5.41) is 0. The molecule has 2 aromatic carbocycles. The van der Waals surface area contributed by atoms with Crippen LogP contribution in [-0.2, 0) is 21.1 Å². The molecular formula is C22H14N2OPt. The van der Waals surface area contributed by atoms with Crippen LogP contribution in [-0.4, -0.2) is 9.97 Å². The molecule has 26 heavy (non-hydrogen) atoms. The van der Waals surface area contributed by atoms with Crippen LogP contribution >= 0.6 is 0 Å². The molecule has 0 radical (unpaired) electrons. The SMILES string of the molecule is [Pt+2].[c-]1c(Oc2ccccn2)cccc1-c1[c-]c(-c2ccccn2)ccc1. The van der Waals surface area contributed by atoms with Crippen molar-refractivity contribution in [2.75, 3.05) is 0 Å². The molecule has 2 aromatic heterocycles. The van der Waals surface area contributed by atoms with Gasteiger partial charge in [0.15, 0.2) is 0 Å². The molecule has 0 saturated heterocycles. The minimum Gasteiger partial charge on any atom is -0.460 e. The van der Waals surface area contributed by atoms with Gasteiger partial charge in [0.25, 0.3) is 0 Å². The molecule has 0 saturated carbocycles. The van der Waals surface area contributed by atoms with Gasteiger partial charge in [-0.3, -0.25) is 4.98 Å². The monoisotopic (exact) mass is 517 g/mol. The van der Waals surface area contributed by atoms with E-state index in [1.165, 1.54) is 0 Å². The molecule has 128 valence electrons. The van der Waals surface area contributed by atoms with Crippen molar-refractivity contribution in [3.8, 4) is 34.0 Å². The van der Waals surface area contributed by atoms with Gasteiger partial charge in [0, 0.05) is 29.9 Å². The molecular weight excluding hydrogens is 503 g/mol. The first-order valence-electron chi connectivity index (χ1n) is 7.94. The van der Waals surface area contributed by atoms with Crippen LogP contribution in [0.2, 0.25) is 0 Å². The molecule has 0 bridgehead atoms. The number of nitrogens with zero attached hydrogens (tertiary/aromatic N) is 2. The summed E-state index contributed by atoms with van der Waals surface area (Å²) in [6.07, 6.45) is 3.48. The first-order valence-corrected chi connectivity index (χ1v) is 7.94. The number of aromatic nitrogens is 2. The van der Waals surface area contributed by atoms with E-state index in [4.69, 9.17) is 4.74 Å². The van der Waals surface area contributed by atoms with Crippen molar-refractivity contribution in [3.63, 3.8) is 0 Å². The maximum atomic E-state index is 5.76. The van der Waals surface area contributed by atoms with Crippen LogP contribution in [0.5, 0.6) is 11.6 Å². The van der Waals surface area contributed by atoms with Crippen molar-refractivity contribution in [1.29, 1.82) is 0 Å². The van der Waals surface area contributed by atoms with Crippen LogP contribution < -0.4 is 4.74 Å².